The minimum atomic E-state index is -1.36. The predicted octanol–water partition coefficient (Wildman–Crippen LogP) is 7.46. The molecule has 0 aliphatic carbocycles. The molecule has 4 rings (SSSR count). The van der Waals surface area contributed by atoms with Crippen LogP contribution in [0, 0.1) is 55.4 Å². The average molecular weight is 651 g/mol. The van der Waals surface area contributed by atoms with Crippen molar-refractivity contribution in [1.29, 1.82) is 0 Å². The van der Waals surface area contributed by atoms with Crippen LogP contribution in [0.15, 0.2) is 60.7 Å². The second-order valence-corrected chi connectivity index (χ2v) is 12.2. The normalized spacial score (nSPS) is 10.8. The third-order valence-electron chi connectivity index (χ3n) is 8.35. The molecule has 0 fully saturated rings. The highest BCUT2D eigenvalue weighted by Crippen LogP contribution is 2.33. The monoisotopic (exact) mass is 650 g/mol. The Morgan fingerprint density at radius 1 is 0.500 bits per heavy atom. The number of aryl methyl sites for hydroxylation is 6. The van der Waals surface area contributed by atoms with Gasteiger partial charge in [0.15, 0.2) is 0 Å². The number of ether oxygens (including phenoxy) is 4. The van der Waals surface area contributed by atoms with E-state index in [1.54, 1.807) is 39.8 Å². The Kier molecular flexibility index (Phi) is 11.5. The number of hydrogen-bond acceptors (Lipinski definition) is 8. The predicted molar refractivity (Wildman–Crippen MR) is 183 cm³/mol. The van der Waals surface area contributed by atoms with Crippen molar-refractivity contribution in [3.05, 3.63) is 127 Å². The molecule has 0 aliphatic rings. The Hall–Kier alpha value is -5.24. The molecule has 48 heavy (non-hydrogen) atoms. The van der Waals surface area contributed by atoms with E-state index in [4.69, 9.17) is 18.9 Å². The molecule has 0 heterocycles. The molecule has 0 atom stereocenters. The van der Waals surface area contributed by atoms with E-state index in [1.165, 1.54) is 0 Å². The molecule has 8 heteroatoms. The van der Waals surface area contributed by atoms with Crippen LogP contribution in [0.25, 0.3) is 0 Å². The van der Waals surface area contributed by atoms with Crippen molar-refractivity contribution in [2.24, 2.45) is 0 Å². The summed E-state index contributed by atoms with van der Waals surface area (Å²) in [7, 11) is 0. The summed E-state index contributed by atoms with van der Waals surface area (Å²) in [6.45, 7) is 14.6. The Labute approximate surface area is 282 Å². The van der Waals surface area contributed by atoms with E-state index in [1.807, 2.05) is 76.2 Å². The summed E-state index contributed by atoms with van der Waals surface area (Å²) < 4.78 is 22.3. The van der Waals surface area contributed by atoms with Crippen molar-refractivity contribution in [1.82, 2.24) is 0 Å². The standard InChI is InChI=1S/C40H42O8/c1-23-11-9-13-31(19-23)15-17-45-37(41)33-29(7)25(3)21-27(5)35(33)47-39(43)40(44)48-36-28(6)22-26(4)30(8)34(36)38(42)46-18-16-32-14-10-12-24(2)20-32/h9-14,19-22H,15-18H2,1-8H3. The van der Waals surface area contributed by atoms with Crippen molar-refractivity contribution in [2.75, 3.05) is 13.2 Å². The van der Waals surface area contributed by atoms with Crippen LogP contribution < -0.4 is 9.47 Å². The Bertz CT molecular complexity index is 1750. The number of benzene rings is 4. The van der Waals surface area contributed by atoms with E-state index in [-0.39, 0.29) is 35.8 Å². The maximum Gasteiger partial charge on any atom is 0.423 e. The van der Waals surface area contributed by atoms with Gasteiger partial charge in [-0.15, -0.1) is 0 Å². The lowest BCUT2D eigenvalue weighted by Crippen LogP contribution is -2.28. The molecule has 0 spiro atoms. The second-order valence-electron chi connectivity index (χ2n) is 12.2. The molecule has 0 saturated heterocycles. The molecule has 4 aromatic rings. The maximum atomic E-state index is 13.3. The zero-order valence-corrected chi connectivity index (χ0v) is 28.9. The van der Waals surface area contributed by atoms with Crippen molar-refractivity contribution in [3.8, 4) is 11.5 Å². The van der Waals surface area contributed by atoms with Gasteiger partial charge in [-0.1, -0.05) is 71.8 Å². The largest absolute Gasteiger partial charge is 0.462 e. The first-order chi connectivity index (χ1) is 22.8. The fourth-order valence-corrected chi connectivity index (χ4v) is 5.55. The van der Waals surface area contributed by atoms with Gasteiger partial charge in [0.05, 0.1) is 13.2 Å². The Morgan fingerprint density at radius 2 is 0.875 bits per heavy atom. The molecule has 0 N–H and O–H groups in total. The van der Waals surface area contributed by atoms with Crippen LogP contribution in [0.4, 0.5) is 0 Å². The lowest BCUT2D eigenvalue weighted by molar-refractivity contribution is -0.156. The quantitative estimate of drug-likeness (QED) is 0.0990. The van der Waals surface area contributed by atoms with Crippen molar-refractivity contribution < 1.29 is 38.1 Å². The van der Waals surface area contributed by atoms with Gasteiger partial charge in [0, 0.05) is 12.8 Å². The highest BCUT2D eigenvalue weighted by Gasteiger charge is 2.30. The fraction of sp³-hybridized carbons (Fsp3) is 0.300. The zero-order chi connectivity index (χ0) is 35.1. The van der Waals surface area contributed by atoms with Crippen LogP contribution >= 0.6 is 0 Å². The van der Waals surface area contributed by atoms with E-state index in [9.17, 15) is 19.2 Å². The highest BCUT2D eigenvalue weighted by atomic mass is 16.6. The lowest BCUT2D eigenvalue weighted by Gasteiger charge is -2.18. The summed E-state index contributed by atoms with van der Waals surface area (Å²) in [5.74, 6) is -4.24. The number of carbonyl (C=O) groups is 4. The first kappa shape index (κ1) is 35.6. The summed E-state index contributed by atoms with van der Waals surface area (Å²) in [4.78, 5) is 53.1. The van der Waals surface area contributed by atoms with E-state index < -0.39 is 23.9 Å². The van der Waals surface area contributed by atoms with E-state index in [0.29, 0.717) is 35.1 Å². The SMILES string of the molecule is Cc1cccc(CCOC(=O)c2c(C)c(C)cc(C)c2OC(=O)C(=O)Oc2c(C)cc(C)c(C)c2C(=O)OCCc2cccc(C)c2)c1. The number of hydrogen-bond donors (Lipinski definition) is 0. The number of esters is 4. The van der Waals surface area contributed by atoms with Crippen LogP contribution in [-0.2, 0) is 31.9 Å². The second kappa shape index (κ2) is 15.6. The molecular weight excluding hydrogens is 608 g/mol. The van der Waals surface area contributed by atoms with Gasteiger partial charge in [-0.05, 0) is 99.9 Å². The van der Waals surface area contributed by atoms with Gasteiger partial charge in [-0.3, -0.25) is 0 Å². The minimum Gasteiger partial charge on any atom is -0.462 e. The van der Waals surface area contributed by atoms with Gasteiger partial charge in [0.1, 0.15) is 22.6 Å². The summed E-state index contributed by atoms with van der Waals surface area (Å²) in [5.41, 5.74) is 7.96. The fourth-order valence-electron chi connectivity index (χ4n) is 5.55. The Balaban J connectivity index is 1.52. The van der Waals surface area contributed by atoms with E-state index in [2.05, 4.69) is 0 Å². The molecule has 0 amide bonds. The molecule has 0 aliphatic heterocycles. The van der Waals surface area contributed by atoms with Gasteiger partial charge in [-0.2, -0.15) is 0 Å². The average Bonchev–Trinajstić information content (AvgIpc) is 3.02. The topological polar surface area (TPSA) is 105 Å². The number of rotatable bonds is 10. The molecule has 0 aromatic heterocycles. The summed E-state index contributed by atoms with van der Waals surface area (Å²) in [6.07, 6.45) is 1.01. The molecule has 0 bridgehead atoms. The summed E-state index contributed by atoms with van der Waals surface area (Å²) in [6, 6.07) is 19.3. The molecular formula is C40H42O8. The van der Waals surface area contributed by atoms with Gasteiger partial charge < -0.3 is 18.9 Å². The third kappa shape index (κ3) is 8.56. The van der Waals surface area contributed by atoms with Crippen molar-refractivity contribution in [3.63, 3.8) is 0 Å². The van der Waals surface area contributed by atoms with Gasteiger partial charge in [0.25, 0.3) is 0 Å². The lowest BCUT2D eigenvalue weighted by atomic mass is 9.98. The van der Waals surface area contributed by atoms with Crippen LogP contribution in [0.5, 0.6) is 11.5 Å². The molecule has 250 valence electrons. The molecule has 0 saturated carbocycles. The van der Waals surface area contributed by atoms with Gasteiger partial charge >= 0.3 is 23.9 Å². The molecule has 8 nitrogen and oxygen atoms in total. The summed E-state index contributed by atoms with van der Waals surface area (Å²) >= 11 is 0. The Morgan fingerprint density at radius 3 is 1.23 bits per heavy atom. The van der Waals surface area contributed by atoms with Crippen molar-refractivity contribution in [2.45, 2.75) is 68.2 Å². The first-order valence-electron chi connectivity index (χ1n) is 15.9. The zero-order valence-electron chi connectivity index (χ0n) is 28.9. The van der Waals surface area contributed by atoms with Crippen LogP contribution in [-0.4, -0.2) is 37.1 Å². The summed E-state index contributed by atoms with van der Waals surface area (Å²) in [5, 5.41) is 0. The number of carbonyl (C=O) groups excluding carboxylic acids is 4. The van der Waals surface area contributed by atoms with Crippen LogP contribution in [0.2, 0.25) is 0 Å². The highest BCUT2D eigenvalue weighted by molar-refractivity contribution is 6.31. The molecule has 0 unspecified atom stereocenters. The van der Waals surface area contributed by atoms with E-state index in [0.717, 1.165) is 33.4 Å². The van der Waals surface area contributed by atoms with Gasteiger partial charge in [0.2, 0.25) is 0 Å². The molecule has 0 radical (unpaired) electrons. The van der Waals surface area contributed by atoms with Crippen LogP contribution in [0.1, 0.15) is 76.4 Å². The van der Waals surface area contributed by atoms with E-state index >= 15 is 0 Å². The smallest absolute Gasteiger partial charge is 0.423 e. The maximum absolute atomic E-state index is 13.3. The molecule has 4 aromatic carbocycles. The third-order valence-corrected chi connectivity index (χ3v) is 8.35. The van der Waals surface area contributed by atoms with Gasteiger partial charge in [-0.25, -0.2) is 19.2 Å². The first-order valence-corrected chi connectivity index (χ1v) is 15.9. The van der Waals surface area contributed by atoms with Crippen molar-refractivity contribution >= 4 is 23.9 Å². The minimum absolute atomic E-state index is 0.0538. The van der Waals surface area contributed by atoms with Crippen LogP contribution in [0.3, 0.4) is 0 Å².